The van der Waals surface area contributed by atoms with Crippen LogP contribution in [-0.2, 0) is 16.2 Å². The lowest BCUT2D eigenvalue weighted by molar-refractivity contribution is -0.137. The topological polar surface area (TPSA) is 66.5 Å². The summed E-state index contributed by atoms with van der Waals surface area (Å²) >= 11 is 0. The zero-order valence-electron chi connectivity index (χ0n) is 15.8. The van der Waals surface area contributed by atoms with E-state index in [-0.39, 0.29) is 22.9 Å². The van der Waals surface area contributed by atoms with Crippen LogP contribution in [0.15, 0.2) is 53.4 Å². The molecule has 1 saturated heterocycles. The Balaban J connectivity index is 1.54. The molecule has 1 fully saturated rings. The van der Waals surface area contributed by atoms with Crippen molar-refractivity contribution in [2.75, 3.05) is 19.6 Å². The van der Waals surface area contributed by atoms with Gasteiger partial charge in [0.1, 0.15) is 5.82 Å². The first-order chi connectivity index (χ1) is 14.1. The standard InChI is InChI=1S/C20H20F4N2O3S/c21-18-4-2-1-3-17(18)19(27)26-11-9-14(10-12-26)13-25-30(28,29)16-7-5-15(6-8-16)20(22,23)24/h1-8,14,25H,9-13H2. The molecule has 5 nitrogen and oxygen atoms in total. The van der Waals surface area contributed by atoms with Gasteiger partial charge in [0.15, 0.2) is 0 Å². The Labute approximate surface area is 171 Å². The van der Waals surface area contributed by atoms with Crippen LogP contribution in [-0.4, -0.2) is 38.9 Å². The zero-order valence-corrected chi connectivity index (χ0v) is 16.6. The molecule has 1 amide bonds. The number of sulfonamides is 1. The van der Waals surface area contributed by atoms with E-state index >= 15 is 0 Å². The Morgan fingerprint density at radius 2 is 1.63 bits per heavy atom. The van der Waals surface area contributed by atoms with Crippen molar-refractivity contribution < 1.29 is 30.8 Å². The van der Waals surface area contributed by atoms with Gasteiger partial charge < -0.3 is 4.90 Å². The molecular formula is C20H20F4N2O3S. The first-order valence-electron chi connectivity index (χ1n) is 9.28. The Hall–Kier alpha value is -2.46. The highest BCUT2D eigenvalue weighted by molar-refractivity contribution is 7.89. The van der Waals surface area contributed by atoms with Crippen molar-refractivity contribution in [3.05, 3.63) is 65.5 Å². The van der Waals surface area contributed by atoms with Crippen molar-refractivity contribution >= 4 is 15.9 Å². The molecule has 1 N–H and O–H groups in total. The Morgan fingerprint density at radius 1 is 1.03 bits per heavy atom. The van der Waals surface area contributed by atoms with Gasteiger partial charge in [-0.25, -0.2) is 17.5 Å². The minimum Gasteiger partial charge on any atom is -0.339 e. The number of hydrogen-bond acceptors (Lipinski definition) is 3. The maximum absolute atomic E-state index is 13.8. The molecule has 0 radical (unpaired) electrons. The van der Waals surface area contributed by atoms with E-state index in [2.05, 4.69) is 4.72 Å². The fraction of sp³-hybridized carbons (Fsp3) is 0.350. The molecule has 2 aromatic carbocycles. The fourth-order valence-electron chi connectivity index (χ4n) is 3.28. The van der Waals surface area contributed by atoms with Crippen LogP contribution in [0.1, 0.15) is 28.8 Å². The van der Waals surface area contributed by atoms with E-state index in [0.29, 0.717) is 25.9 Å². The molecule has 0 spiro atoms. The summed E-state index contributed by atoms with van der Waals surface area (Å²) in [5, 5.41) is 0. The van der Waals surface area contributed by atoms with Crippen molar-refractivity contribution in [3.63, 3.8) is 0 Å². The molecule has 0 bridgehead atoms. The Kier molecular flexibility index (Phi) is 6.47. The Morgan fingerprint density at radius 3 is 2.20 bits per heavy atom. The number of amides is 1. The van der Waals surface area contributed by atoms with Crippen LogP contribution in [0.2, 0.25) is 0 Å². The lowest BCUT2D eigenvalue weighted by atomic mass is 9.96. The highest BCUT2D eigenvalue weighted by Gasteiger charge is 2.31. The quantitative estimate of drug-likeness (QED) is 0.716. The summed E-state index contributed by atoms with van der Waals surface area (Å²) in [6, 6.07) is 9.00. The summed E-state index contributed by atoms with van der Waals surface area (Å²) in [7, 11) is -3.95. The number of benzene rings is 2. The number of likely N-dealkylation sites (tertiary alicyclic amines) is 1. The lowest BCUT2D eigenvalue weighted by Crippen LogP contribution is -2.41. The minimum atomic E-state index is -4.54. The third-order valence-corrected chi connectivity index (χ3v) is 6.50. The van der Waals surface area contributed by atoms with Gasteiger partial charge in [0.05, 0.1) is 16.0 Å². The molecule has 3 rings (SSSR count). The predicted molar refractivity (Wildman–Crippen MR) is 102 cm³/mol. The summed E-state index contributed by atoms with van der Waals surface area (Å²) in [4.78, 5) is 13.7. The van der Waals surface area contributed by atoms with Crippen LogP contribution in [0.5, 0.6) is 0 Å². The summed E-state index contributed by atoms with van der Waals surface area (Å²) in [6.07, 6.45) is -3.49. The second-order valence-corrected chi connectivity index (χ2v) is 8.86. The minimum absolute atomic E-state index is 0.000966. The molecule has 30 heavy (non-hydrogen) atoms. The van der Waals surface area contributed by atoms with Gasteiger partial charge in [0, 0.05) is 19.6 Å². The molecule has 1 aliphatic heterocycles. The highest BCUT2D eigenvalue weighted by Crippen LogP contribution is 2.29. The fourth-order valence-corrected chi connectivity index (χ4v) is 4.40. The van der Waals surface area contributed by atoms with Crippen LogP contribution < -0.4 is 4.72 Å². The van der Waals surface area contributed by atoms with Crippen molar-refractivity contribution in [2.24, 2.45) is 5.92 Å². The third-order valence-electron chi connectivity index (χ3n) is 5.06. The van der Waals surface area contributed by atoms with Gasteiger partial charge in [-0.15, -0.1) is 0 Å². The normalized spacial score (nSPS) is 15.9. The van der Waals surface area contributed by atoms with Crippen LogP contribution in [0, 0.1) is 11.7 Å². The SMILES string of the molecule is O=C(c1ccccc1F)N1CCC(CNS(=O)(=O)c2ccc(C(F)(F)F)cc2)CC1. The van der Waals surface area contributed by atoms with E-state index in [1.54, 1.807) is 6.07 Å². The lowest BCUT2D eigenvalue weighted by Gasteiger charge is -2.32. The van der Waals surface area contributed by atoms with Crippen LogP contribution in [0.25, 0.3) is 0 Å². The highest BCUT2D eigenvalue weighted by atomic mass is 32.2. The van der Waals surface area contributed by atoms with Gasteiger partial charge in [-0.05, 0) is 55.2 Å². The Bertz CT molecular complexity index is 999. The van der Waals surface area contributed by atoms with Crippen molar-refractivity contribution in [3.8, 4) is 0 Å². The molecule has 0 saturated carbocycles. The smallest absolute Gasteiger partial charge is 0.339 e. The van der Waals surface area contributed by atoms with Crippen LogP contribution >= 0.6 is 0 Å². The monoisotopic (exact) mass is 444 g/mol. The number of alkyl halides is 3. The number of rotatable bonds is 5. The van der Waals surface area contributed by atoms with Crippen LogP contribution in [0.4, 0.5) is 17.6 Å². The zero-order chi connectivity index (χ0) is 21.9. The average molecular weight is 444 g/mol. The molecule has 10 heteroatoms. The largest absolute Gasteiger partial charge is 0.416 e. The summed E-state index contributed by atoms with van der Waals surface area (Å²) in [6.45, 7) is 0.824. The summed E-state index contributed by atoms with van der Waals surface area (Å²) in [5.74, 6) is -1.04. The molecular weight excluding hydrogens is 424 g/mol. The molecule has 162 valence electrons. The van der Waals surface area contributed by atoms with Gasteiger partial charge in [-0.3, -0.25) is 4.79 Å². The average Bonchev–Trinajstić information content (AvgIpc) is 2.72. The molecule has 0 unspecified atom stereocenters. The number of nitrogens with zero attached hydrogens (tertiary/aromatic N) is 1. The van der Waals surface area contributed by atoms with Crippen molar-refractivity contribution in [2.45, 2.75) is 23.9 Å². The van der Waals surface area contributed by atoms with E-state index < -0.39 is 33.5 Å². The van der Waals surface area contributed by atoms with E-state index in [9.17, 15) is 30.8 Å². The van der Waals surface area contributed by atoms with Crippen molar-refractivity contribution in [1.82, 2.24) is 9.62 Å². The number of piperidine rings is 1. The van der Waals surface area contributed by atoms with E-state index in [1.165, 1.54) is 23.1 Å². The number of nitrogens with one attached hydrogen (secondary N) is 1. The second kappa shape index (κ2) is 8.73. The number of carbonyl (C=O) groups excluding carboxylic acids is 1. The van der Waals surface area contributed by atoms with Crippen molar-refractivity contribution in [1.29, 1.82) is 0 Å². The third kappa shape index (κ3) is 5.17. The first-order valence-corrected chi connectivity index (χ1v) is 10.8. The maximum Gasteiger partial charge on any atom is 0.416 e. The van der Waals surface area contributed by atoms with Gasteiger partial charge in [0.25, 0.3) is 5.91 Å². The molecule has 2 aromatic rings. The van der Waals surface area contributed by atoms with E-state index in [0.717, 1.165) is 24.3 Å². The number of hydrogen-bond donors (Lipinski definition) is 1. The molecule has 1 heterocycles. The summed E-state index contributed by atoms with van der Waals surface area (Å²) < 4.78 is 78.7. The van der Waals surface area contributed by atoms with E-state index in [4.69, 9.17) is 0 Å². The number of halogens is 4. The predicted octanol–water partition coefficient (Wildman–Crippen LogP) is 3.68. The molecule has 0 atom stereocenters. The molecule has 0 aromatic heterocycles. The molecule has 1 aliphatic rings. The molecule has 0 aliphatic carbocycles. The summed E-state index contributed by atoms with van der Waals surface area (Å²) in [5.41, 5.74) is -0.924. The van der Waals surface area contributed by atoms with Gasteiger partial charge in [-0.1, -0.05) is 12.1 Å². The van der Waals surface area contributed by atoms with Gasteiger partial charge >= 0.3 is 6.18 Å². The maximum atomic E-state index is 13.8. The van der Waals surface area contributed by atoms with Gasteiger partial charge in [-0.2, -0.15) is 13.2 Å². The first kappa shape index (κ1) is 22.2. The second-order valence-electron chi connectivity index (χ2n) is 7.09. The van der Waals surface area contributed by atoms with Gasteiger partial charge in [0.2, 0.25) is 10.0 Å². The van der Waals surface area contributed by atoms with Crippen LogP contribution in [0.3, 0.4) is 0 Å². The van der Waals surface area contributed by atoms with E-state index in [1.807, 2.05) is 0 Å². The number of carbonyl (C=O) groups is 1.